The number of anilines is 1. The predicted molar refractivity (Wildman–Crippen MR) is 76.3 cm³/mol. The highest BCUT2D eigenvalue weighted by atomic mass is 15.3. The van der Waals surface area contributed by atoms with Crippen LogP contribution in [0.25, 0.3) is 0 Å². The topological polar surface area (TPSA) is 42.7 Å². The van der Waals surface area contributed by atoms with Gasteiger partial charge in [-0.05, 0) is 17.5 Å². The Morgan fingerprint density at radius 1 is 1.37 bits per heavy atom. The van der Waals surface area contributed by atoms with Crippen LogP contribution in [-0.2, 0) is 13.5 Å². The Morgan fingerprint density at radius 3 is 2.95 bits per heavy atom. The summed E-state index contributed by atoms with van der Waals surface area (Å²) in [6.45, 7) is 5.30. The van der Waals surface area contributed by atoms with E-state index in [1.54, 1.807) is 0 Å². The minimum absolute atomic E-state index is 0.314. The SMILES string of the molecule is CC(C)Cc1nc(C2CNc3ccccc32)n(C)n1. The summed E-state index contributed by atoms with van der Waals surface area (Å²) < 4.78 is 1.94. The normalized spacial score (nSPS) is 17.6. The fraction of sp³-hybridized carbons (Fsp3) is 0.467. The molecule has 0 saturated carbocycles. The van der Waals surface area contributed by atoms with Gasteiger partial charge in [0, 0.05) is 25.7 Å². The molecular weight excluding hydrogens is 236 g/mol. The standard InChI is InChI=1S/C15H20N4/c1-10(2)8-14-17-15(19(3)18-14)12-9-16-13-7-5-4-6-11(12)13/h4-7,10,12,16H,8-9H2,1-3H3. The first-order valence-electron chi connectivity index (χ1n) is 6.87. The molecule has 1 unspecified atom stereocenters. The van der Waals surface area contributed by atoms with Gasteiger partial charge in [-0.15, -0.1) is 0 Å². The Morgan fingerprint density at radius 2 is 2.16 bits per heavy atom. The lowest BCUT2D eigenvalue weighted by Gasteiger charge is -2.08. The monoisotopic (exact) mass is 256 g/mol. The summed E-state index contributed by atoms with van der Waals surface area (Å²) in [6.07, 6.45) is 0.940. The minimum atomic E-state index is 0.314. The Bertz CT molecular complexity index is 586. The van der Waals surface area contributed by atoms with E-state index < -0.39 is 0 Å². The van der Waals surface area contributed by atoms with Gasteiger partial charge in [0.1, 0.15) is 5.82 Å². The molecule has 2 aromatic rings. The van der Waals surface area contributed by atoms with Crippen LogP contribution in [0, 0.1) is 5.92 Å². The number of aromatic nitrogens is 3. The highest BCUT2D eigenvalue weighted by molar-refractivity contribution is 5.59. The van der Waals surface area contributed by atoms with Gasteiger partial charge in [0.15, 0.2) is 5.82 Å². The highest BCUT2D eigenvalue weighted by Crippen LogP contribution is 2.34. The summed E-state index contributed by atoms with van der Waals surface area (Å²) in [5, 5.41) is 7.99. The van der Waals surface area contributed by atoms with E-state index >= 15 is 0 Å². The largest absolute Gasteiger partial charge is 0.384 e. The lowest BCUT2D eigenvalue weighted by atomic mass is 10.0. The van der Waals surface area contributed by atoms with E-state index in [9.17, 15) is 0 Å². The van der Waals surface area contributed by atoms with Crippen LogP contribution in [0.2, 0.25) is 0 Å². The van der Waals surface area contributed by atoms with Gasteiger partial charge < -0.3 is 5.32 Å². The molecule has 0 aliphatic carbocycles. The molecule has 0 bridgehead atoms. The van der Waals surface area contributed by atoms with Crippen molar-refractivity contribution in [2.75, 3.05) is 11.9 Å². The lowest BCUT2D eigenvalue weighted by Crippen LogP contribution is -2.10. The Balaban J connectivity index is 1.93. The van der Waals surface area contributed by atoms with Gasteiger partial charge in [-0.2, -0.15) is 5.10 Å². The molecule has 1 aliphatic heterocycles. The average Bonchev–Trinajstić information content (AvgIpc) is 2.92. The Labute approximate surface area is 113 Å². The number of aryl methyl sites for hydroxylation is 1. The molecule has 0 amide bonds. The van der Waals surface area contributed by atoms with Gasteiger partial charge in [-0.1, -0.05) is 32.0 Å². The first-order chi connectivity index (χ1) is 9.15. The molecule has 4 heteroatoms. The second-order valence-corrected chi connectivity index (χ2v) is 5.63. The van der Waals surface area contributed by atoms with Crippen LogP contribution < -0.4 is 5.32 Å². The average molecular weight is 256 g/mol. The molecule has 4 nitrogen and oxygen atoms in total. The Kier molecular flexibility index (Phi) is 3.01. The molecule has 1 aliphatic rings. The van der Waals surface area contributed by atoms with Crippen molar-refractivity contribution in [3.63, 3.8) is 0 Å². The second-order valence-electron chi connectivity index (χ2n) is 5.63. The van der Waals surface area contributed by atoms with Gasteiger partial charge >= 0.3 is 0 Å². The van der Waals surface area contributed by atoms with Gasteiger partial charge in [-0.3, -0.25) is 4.68 Å². The number of hydrogen-bond donors (Lipinski definition) is 1. The van der Waals surface area contributed by atoms with Crippen LogP contribution in [0.4, 0.5) is 5.69 Å². The first-order valence-corrected chi connectivity index (χ1v) is 6.87. The van der Waals surface area contributed by atoms with E-state index in [0.29, 0.717) is 11.8 Å². The molecule has 2 heterocycles. The number of benzene rings is 1. The van der Waals surface area contributed by atoms with Crippen molar-refractivity contribution in [2.24, 2.45) is 13.0 Å². The van der Waals surface area contributed by atoms with E-state index in [4.69, 9.17) is 4.98 Å². The third-order valence-electron chi connectivity index (χ3n) is 3.58. The predicted octanol–water partition coefficient (Wildman–Crippen LogP) is 2.57. The molecule has 0 radical (unpaired) electrons. The number of fused-ring (bicyclic) bond motifs is 1. The summed E-state index contributed by atoms with van der Waals surface area (Å²) in [6, 6.07) is 8.46. The molecule has 1 aromatic heterocycles. The van der Waals surface area contributed by atoms with E-state index in [2.05, 4.69) is 48.5 Å². The fourth-order valence-electron chi connectivity index (χ4n) is 2.72. The maximum absolute atomic E-state index is 4.74. The minimum Gasteiger partial charge on any atom is -0.384 e. The summed E-state index contributed by atoms with van der Waals surface area (Å²) in [7, 11) is 1.99. The highest BCUT2D eigenvalue weighted by Gasteiger charge is 2.27. The van der Waals surface area contributed by atoms with Crippen molar-refractivity contribution in [3.8, 4) is 0 Å². The molecule has 0 fully saturated rings. The molecule has 100 valence electrons. The quantitative estimate of drug-likeness (QED) is 0.917. The lowest BCUT2D eigenvalue weighted by molar-refractivity contribution is 0.611. The molecular formula is C15H20N4. The van der Waals surface area contributed by atoms with Crippen LogP contribution in [0.3, 0.4) is 0 Å². The van der Waals surface area contributed by atoms with Gasteiger partial charge in [0.05, 0.1) is 5.92 Å². The number of rotatable bonds is 3. The maximum Gasteiger partial charge on any atom is 0.151 e. The molecule has 0 spiro atoms. The third kappa shape index (κ3) is 2.23. The molecule has 0 saturated heterocycles. The van der Waals surface area contributed by atoms with Crippen molar-refractivity contribution >= 4 is 5.69 Å². The molecule has 1 N–H and O–H groups in total. The molecule has 3 rings (SSSR count). The van der Waals surface area contributed by atoms with Crippen molar-refractivity contribution < 1.29 is 0 Å². The van der Waals surface area contributed by atoms with Gasteiger partial charge in [-0.25, -0.2) is 4.98 Å². The fourth-order valence-corrected chi connectivity index (χ4v) is 2.72. The second kappa shape index (κ2) is 4.68. The third-order valence-corrected chi connectivity index (χ3v) is 3.58. The van der Waals surface area contributed by atoms with Crippen molar-refractivity contribution in [1.82, 2.24) is 14.8 Å². The summed E-state index contributed by atoms with van der Waals surface area (Å²) in [5.74, 6) is 2.92. The first kappa shape index (κ1) is 12.2. The summed E-state index contributed by atoms with van der Waals surface area (Å²) in [4.78, 5) is 4.74. The zero-order valence-corrected chi connectivity index (χ0v) is 11.7. The van der Waals surface area contributed by atoms with Gasteiger partial charge in [0.25, 0.3) is 0 Å². The van der Waals surface area contributed by atoms with Crippen molar-refractivity contribution in [3.05, 3.63) is 41.5 Å². The number of nitrogens with zero attached hydrogens (tertiary/aromatic N) is 3. The number of hydrogen-bond acceptors (Lipinski definition) is 3. The Hall–Kier alpha value is -1.84. The van der Waals surface area contributed by atoms with Crippen LogP contribution >= 0.6 is 0 Å². The summed E-state index contributed by atoms with van der Waals surface area (Å²) in [5.41, 5.74) is 2.55. The molecule has 1 aromatic carbocycles. The number of nitrogens with one attached hydrogen (secondary N) is 1. The zero-order valence-electron chi connectivity index (χ0n) is 11.7. The molecule has 19 heavy (non-hydrogen) atoms. The smallest absolute Gasteiger partial charge is 0.151 e. The van der Waals surface area contributed by atoms with Crippen molar-refractivity contribution in [2.45, 2.75) is 26.2 Å². The maximum atomic E-state index is 4.74. The number of para-hydroxylation sites is 1. The van der Waals surface area contributed by atoms with Crippen LogP contribution in [-0.4, -0.2) is 21.3 Å². The van der Waals surface area contributed by atoms with E-state index in [1.807, 2.05) is 11.7 Å². The summed E-state index contributed by atoms with van der Waals surface area (Å²) >= 11 is 0. The van der Waals surface area contributed by atoms with E-state index in [0.717, 1.165) is 24.6 Å². The van der Waals surface area contributed by atoms with E-state index in [1.165, 1.54) is 11.3 Å². The zero-order chi connectivity index (χ0) is 13.4. The van der Waals surface area contributed by atoms with Crippen LogP contribution in [0.5, 0.6) is 0 Å². The van der Waals surface area contributed by atoms with Gasteiger partial charge in [0.2, 0.25) is 0 Å². The van der Waals surface area contributed by atoms with Crippen molar-refractivity contribution in [1.29, 1.82) is 0 Å². The van der Waals surface area contributed by atoms with E-state index in [-0.39, 0.29) is 0 Å². The van der Waals surface area contributed by atoms with Crippen LogP contribution in [0.1, 0.15) is 37.0 Å². The molecule has 1 atom stereocenters. The van der Waals surface area contributed by atoms with Crippen LogP contribution in [0.15, 0.2) is 24.3 Å².